The molecule has 1 unspecified atom stereocenters. The molecule has 0 aliphatic carbocycles. The van der Waals surface area contributed by atoms with Crippen LogP contribution in [-0.2, 0) is 4.79 Å². The van der Waals surface area contributed by atoms with E-state index in [2.05, 4.69) is 22.3 Å². The van der Waals surface area contributed by atoms with Crippen molar-refractivity contribution in [2.75, 3.05) is 25.0 Å². The molecule has 4 nitrogen and oxygen atoms in total. The summed E-state index contributed by atoms with van der Waals surface area (Å²) in [5.41, 5.74) is 2.91. The summed E-state index contributed by atoms with van der Waals surface area (Å²) >= 11 is 0. The van der Waals surface area contributed by atoms with Crippen molar-refractivity contribution in [1.82, 2.24) is 4.90 Å². The largest absolute Gasteiger partial charge is 0.388 e. The van der Waals surface area contributed by atoms with E-state index in [-0.39, 0.29) is 17.6 Å². The van der Waals surface area contributed by atoms with E-state index in [1.165, 1.54) is 17.7 Å². The summed E-state index contributed by atoms with van der Waals surface area (Å²) in [7, 11) is 0. The van der Waals surface area contributed by atoms with Gasteiger partial charge in [0.1, 0.15) is 5.82 Å². The minimum atomic E-state index is -0.561. The van der Waals surface area contributed by atoms with E-state index in [1.807, 2.05) is 62.4 Å². The number of nitrogens with zero attached hydrogens (tertiary/aromatic N) is 1. The summed E-state index contributed by atoms with van der Waals surface area (Å²) in [5.74, 6) is 0.212. The van der Waals surface area contributed by atoms with Crippen LogP contribution >= 0.6 is 0 Å². The lowest BCUT2D eigenvalue weighted by molar-refractivity contribution is -0.118. The van der Waals surface area contributed by atoms with Gasteiger partial charge in [0.05, 0.1) is 6.10 Å². The van der Waals surface area contributed by atoms with Crippen molar-refractivity contribution < 1.29 is 14.3 Å². The molecule has 186 valence electrons. The molecule has 35 heavy (non-hydrogen) atoms. The van der Waals surface area contributed by atoms with Gasteiger partial charge in [-0.2, -0.15) is 0 Å². The maximum Gasteiger partial charge on any atom is 0.226 e. The number of likely N-dealkylation sites (tertiary alicyclic amines) is 1. The standard InChI is InChI=1S/C24H31FN2O2.C6H6/c1-17(2)24(29)26-22-5-3-4-20(16-22)18-10-13-27(14-11-18)15-12-23(28)19-6-8-21(25)9-7-19;1-2-4-6-5-3-1/h3-9,16-18,23,28H,10-15H2,1-2H3,(H,26,29);1-6H. The lowest BCUT2D eigenvalue weighted by Crippen LogP contribution is -2.34. The summed E-state index contributed by atoms with van der Waals surface area (Å²) in [6.07, 6.45) is 2.21. The molecule has 0 radical (unpaired) electrons. The number of rotatable bonds is 7. The number of aliphatic hydroxyl groups excluding tert-OH is 1. The maximum absolute atomic E-state index is 13.0. The van der Waals surface area contributed by atoms with Gasteiger partial charge in [-0.15, -0.1) is 0 Å². The normalized spacial score (nSPS) is 15.2. The lowest BCUT2D eigenvalue weighted by atomic mass is 9.89. The van der Waals surface area contributed by atoms with Crippen LogP contribution in [0, 0.1) is 11.7 Å². The third-order valence-electron chi connectivity index (χ3n) is 6.38. The topological polar surface area (TPSA) is 52.6 Å². The van der Waals surface area contributed by atoms with E-state index in [0.29, 0.717) is 12.3 Å². The molecule has 0 bridgehead atoms. The average Bonchev–Trinajstić information content (AvgIpc) is 2.89. The van der Waals surface area contributed by atoms with E-state index in [0.717, 1.165) is 43.7 Å². The SMILES string of the molecule is CC(C)C(=O)Nc1cccc(C2CCN(CCC(O)c3ccc(F)cc3)CC2)c1.c1ccccc1. The molecule has 0 saturated carbocycles. The molecule has 1 aliphatic heterocycles. The van der Waals surface area contributed by atoms with Gasteiger partial charge in [0.2, 0.25) is 5.91 Å². The molecular weight excluding hydrogens is 439 g/mol. The number of carbonyl (C=O) groups is 1. The first kappa shape index (κ1) is 26.6. The fourth-order valence-corrected chi connectivity index (χ4v) is 4.19. The Kier molecular flexibility index (Phi) is 10.5. The summed E-state index contributed by atoms with van der Waals surface area (Å²) in [5, 5.41) is 13.3. The van der Waals surface area contributed by atoms with Gasteiger partial charge in [0.25, 0.3) is 0 Å². The first-order valence-corrected chi connectivity index (χ1v) is 12.5. The predicted molar refractivity (Wildman–Crippen MR) is 141 cm³/mol. The van der Waals surface area contributed by atoms with Crippen LogP contribution in [0.25, 0.3) is 0 Å². The fourth-order valence-electron chi connectivity index (χ4n) is 4.19. The van der Waals surface area contributed by atoms with Crippen molar-refractivity contribution in [1.29, 1.82) is 0 Å². The van der Waals surface area contributed by atoms with E-state index >= 15 is 0 Å². The minimum absolute atomic E-state index is 0.0350. The molecule has 4 rings (SSSR count). The van der Waals surface area contributed by atoms with Crippen molar-refractivity contribution in [3.05, 3.63) is 102 Å². The molecule has 5 heteroatoms. The van der Waals surface area contributed by atoms with Crippen molar-refractivity contribution in [3.8, 4) is 0 Å². The summed E-state index contributed by atoms with van der Waals surface area (Å²) in [6.45, 7) is 6.59. The number of carbonyl (C=O) groups excluding carboxylic acids is 1. The van der Waals surface area contributed by atoms with Gasteiger partial charge in [-0.05, 0) is 73.7 Å². The second-order valence-corrected chi connectivity index (χ2v) is 9.40. The number of halogens is 1. The molecule has 1 heterocycles. The molecule has 1 atom stereocenters. The van der Waals surface area contributed by atoms with E-state index in [1.54, 1.807) is 12.1 Å². The predicted octanol–water partition coefficient (Wildman–Crippen LogP) is 6.41. The van der Waals surface area contributed by atoms with Crippen LogP contribution in [-0.4, -0.2) is 35.5 Å². The van der Waals surface area contributed by atoms with E-state index < -0.39 is 6.10 Å². The Balaban J connectivity index is 0.000000497. The highest BCUT2D eigenvalue weighted by molar-refractivity contribution is 5.92. The zero-order valence-electron chi connectivity index (χ0n) is 20.7. The Morgan fingerprint density at radius 2 is 1.57 bits per heavy atom. The highest BCUT2D eigenvalue weighted by atomic mass is 19.1. The zero-order valence-corrected chi connectivity index (χ0v) is 20.7. The van der Waals surface area contributed by atoms with Crippen LogP contribution in [0.2, 0.25) is 0 Å². The van der Waals surface area contributed by atoms with Crippen LogP contribution in [0.15, 0.2) is 84.9 Å². The first-order chi connectivity index (χ1) is 16.9. The van der Waals surface area contributed by atoms with Crippen LogP contribution < -0.4 is 5.32 Å². The molecule has 0 aromatic heterocycles. The highest BCUT2D eigenvalue weighted by Crippen LogP contribution is 2.30. The minimum Gasteiger partial charge on any atom is -0.388 e. The third-order valence-corrected chi connectivity index (χ3v) is 6.38. The van der Waals surface area contributed by atoms with Gasteiger partial charge < -0.3 is 15.3 Å². The van der Waals surface area contributed by atoms with Gasteiger partial charge in [-0.25, -0.2) is 4.39 Å². The number of benzene rings is 3. The van der Waals surface area contributed by atoms with Crippen LogP contribution in [0.5, 0.6) is 0 Å². The van der Waals surface area contributed by atoms with Crippen molar-refractivity contribution in [2.24, 2.45) is 5.92 Å². The number of hydrogen-bond donors (Lipinski definition) is 2. The van der Waals surface area contributed by atoms with E-state index in [4.69, 9.17) is 0 Å². The third kappa shape index (κ3) is 8.93. The number of amides is 1. The number of anilines is 1. The van der Waals surface area contributed by atoms with Gasteiger partial charge in [0.15, 0.2) is 0 Å². The Morgan fingerprint density at radius 3 is 2.14 bits per heavy atom. The molecular formula is C30H37FN2O2. The molecule has 3 aromatic carbocycles. The Morgan fingerprint density at radius 1 is 0.971 bits per heavy atom. The lowest BCUT2D eigenvalue weighted by Gasteiger charge is -2.32. The molecule has 3 aromatic rings. The average molecular weight is 477 g/mol. The van der Waals surface area contributed by atoms with Gasteiger partial charge >= 0.3 is 0 Å². The number of hydrogen-bond acceptors (Lipinski definition) is 3. The second kappa shape index (κ2) is 13.8. The molecule has 1 fully saturated rings. The molecule has 2 N–H and O–H groups in total. The maximum atomic E-state index is 13.0. The van der Waals surface area contributed by atoms with Crippen LogP contribution in [0.3, 0.4) is 0 Å². The van der Waals surface area contributed by atoms with Gasteiger partial charge in [-0.3, -0.25) is 4.79 Å². The molecule has 1 aliphatic rings. The van der Waals surface area contributed by atoms with Crippen LogP contribution in [0.4, 0.5) is 10.1 Å². The Labute approximate surface area is 208 Å². The monoisotopic (exact) mass is 476 g/mol. The van der Waals surface area contributed by atoms with Crippen molar-refractivity contribution in [2.45, 2.75) is 45.1 Å². The van der Waals surface area contributed by atoms with Crippen LogP contribution in [0.1, 0.15) is 56.3 Å². The molecule has 1 saturated heterocycles. The first-order valence-electron chi connectivity index (χ1n) is 12.5. The Hall–Kier alpha value is -3.02. The quantitative estimate of drug-likeness (QED) is 0.414. The summed E-state index contributed by atoms with van der Waals surface area (Å²) < 4.78 is 13.0. The summed E-state index contributed by atoms with van der Waals surface area (Å²) in [4.78, 5) is 14.3. The zero-order chi connectivity index (χ0) is 25.0. The van der Waals surface area contributed by atoms with Crippen molar-refractivity contribution >= 4 is 11.6 Å². The number of piperidine rings is 1. The van der Waals surface area contributed by atoms with Gasteiger partial charge in [0, 0.05) is 18.2 Å². The smallest absolute Gasteiger partial charge is 0.226 e. The molecule has 1 amide bonds. The fraction of sp³-hybridized carbons (Fsp3) is 0.367. The summed E-state index contributed by atoms with van der Waals surface area (Å²) in [6, 6.07) is 26.3. The molecule has 0 spiro atoms. The highest BCUT2D eigenvalue weighted by Gasteiger charge is 2.21. The van der Waals surface area contributed by atoms with Crippen molar-refractivity contribution in [3.63, 3.8) is 0 Å². The van der Waals surface area contributed by atoms with E-state index in [9.17, 15) is 14.3 Å². The number of aliphatic hydroxyl groups is 1. The van der Waals surface area contributed by atoms with Gasteiger partial charge in [-0.1, -0.05) is 74.5 Å². The number of nitrogens with one attached hydrogen (secondary N) is 1. The Bertz CT molecular complexity index is 989. The second-order valence-electron chi connectivity index (χ2n) is 9.40.